The summed E-state index contributed by atoms with van der Waals surface area (Å²) in [6, 6.07) is 11.9. The van der Waals surface area contributed by atoms with Gasteiger partial charge in [-0.15, -0.1) is 13.2 Å². The van der Waals surface area contributed by atoms with Gasteiger partial charge in [-0.25, -0.2) is 0 Å². The lowest BCUT2D eigenvalue weighted by molar-refractivity contribution is -0.274. The summed E-state index contributed by atoms with van der Waals surface area (Å²) in [6.07, 6.45) is -2.95. The highest BCUT2D eigenvalue weighted by Crippen LogP contribution is 2.27. The second-order valence-electron chi connectivity index (χ2n) is 10.3. The number of halogens is 3. The summed E-state index contributed by atoms with van der Waals surface area (Å²) in [7, 11) is 0. The molecule has 2 aromatic rings. The summed E-state index contributed by atoms with van der Waals surface area (Å²) < 4.78 is 47.1. The van der Waals surface area contributed by atoms with Crippen LogP contribution in [0, 0.1) is 18.3 Å². The van der Waals surface area contributed by atoms with Crippen molar-refractivity contribution >= 4 is 24.1 Å². The Morgan fingerprint density at radius 3 is 2.55 bits per heavy atom. The zero-order valence-electron chi connectivity index (χ0n) is 24.6. The summed E-state index contributed by atoms with van der Waals surface area (Å²) >= 11 is 0. The molecule has 236 valence electrons. The molecule has 2 atom stereocenters. The van der Waals surface area contributed by atoms with Crippen molar-refractivity contribution in [2.24, 2.45) is 0 Å². The Labute approximate surface area is 253 Å². The number of hydrogen-bond acceptors (Lipinski definition) is 7. The highest BCUT2D eigenvalue weighted by Gasteiger charge is 2.32. The van der Waals surface area contributed by atoms with Crippen LogP contribution in [-0.2, 0) is 25.7 Å². The third-order valence-electron chi connectivity index (χ3n) is 7.34. The molecule has 0 aliphatic carbocycles. The second kappa shape index (κ2) is 15.7. The number of rotatable bonds is 15. The minimum atomic E-state index is -4.80. The summed E-state index contributed by atoms with van der Waals surface area (Å²) in [5.41, 5.74) is 2.09. The topological polar surface area (TPSA) is 129 Å². The Morgan fingerprint density at radius 1 is 1.20 bits per heavy atom. The van der Waals surface area contributed by atoms with Crippen LogP contribution in [0.5, 0.6) is 11.5 Å². The average molecular weight is 617 g/mol. The number of aryl methyl sites for hydroxylation is 1. The first-order chi connectivity index (χ1) is 20.9. The smallest absolute Gasteiger partial charge is 0.493 e. The Balaban J connectivity index is 1.52. The van der Waals surface area contributed by atoms with Crippen molar-refractivity contribution in [2.75, 3.05) is 19.7 Å². The van der Waals surface area contributed by atoms with Gasteiger partial charge >= 0.3 is 6.36 Å². The Bertz CT molecular complexity index is 1360. The molecule has 1 heterocycles. The zero-order valence-corrected chi connectivity index (χ0v) is 24.6. The lowest BCUT2D eigenvalue weighted by Gasteiger charge is -2.30. The van der Waals surface area contributed by atoms with Crippen molar-refractivity contribution in [3.8, 4) is 17.6 Å². The summed E-state index contributed by atoms with van der Waals surface area (Å²) in [5, 5.41) is 11.9. The molecule has 0 bridgehead atoms. The average Bonchev–Trinajstić information content (AvgIpc) is 2.97. The lowest BCUT2D eigenvalue weighted by atomic mass is 9.97. The number of imide groups is 1. The maximum absolute atomic E-state index is 12.9. The van der Waals surface area contributed by atoms with Crippen molar-refractivity contribution in [1.82, 2.24) is 15.1 Å². The molecule has 3 rings (SSSR count). The molecular weight excluding hydrogens is 581 g/mol. The van der Waals surface area contributed by atoms with Crippen LogP contribution in [0.1, 0.15) is 61.6 Å². The number of carbonyl (C=O) groups excluding carboxylic acids is 4. The lowest BCUT2D eigenvalue weighted by Crippen LogP contribution is -2.51. The number of benzene rings is 2. The zero-order chi connectivity index (χ0) is 32.3. The van der Waals surface area contributed by atoms with Gasteiger partial charge in [0.2, 0.25) is 24.1 Å². The van der Waals surface area contributed by atoms with E-state index in [0.29, 0.717) is 49.2 Å². The molecule has 0 spiro atoms. The van der Waals surface area contributed by atoms with E-state index in [4.69, 9.17) is 4.74 Å². The molecule has 44 heavy (non-hydrogen) atoms. The van der Waals surface area contributed by atoms with E-state index in [1.165, 1.54) is 17.0 Å². The van der Waals surface area contributed by atoms with Gasteiger partial charge in [-0.05, 0) is 62.4 Å². The Hall–Kier alpha value is -4.60. The predicted molar refractivity (Wildman–Crippen MR) is 152 cm³/mol. The minimum Gasteiger partial charge on any atom is -0.493 e. The molecule has 2 unspecified atom stereocenters. The molecule has 4 amide bonds. The van der Waals surface area contributed by atoms with E-state index in [9.17, 15) is 37.6 Å². The fourth-order valence-electron chi connectivity index (χ4n) is 4.93. The molecule has 0 radical (unpaired) electrons. The van der Waals surface area contributed by atoms with Gasteiger partial charge in [-0.3, -0.25) is 24.5 Å². The predicted octanol–water partition coefficient (Wildman–Crippen LogP) is 4.36. The maximum Gasteiger partial charge on any atom is 0.573 e. The molecule has 1 fully saturated rings. The Morgan fingerprint density at radius 2 is 1.93 bits per heavy atom. The summed E-state index contributed by atoms with van der Waals surface area (Å²) in [4.78, 5) is 51.5. The quantitative estimate of drug-likeness (QED) is 0.179. The molecule has 10 nitrogen and oxygen atoms in total. The highest BCUT2D eigenvalue weighted by molar-refractivity contribution is 6.00. The molecule has 1 saturated heterocycles. The van der Waals surface area contributed by atoms with E-state index in [1.54, 1.807) is 17.0 Å². The van der Waals surface area contributed by atoms with E-state index >= 15 is 0 Å². The normalized spacial score (nSPS) is 15.5. The first-order valence-corrected chi connectivity index (χ1v) is 14.2. The van der Waals surface area contributed by atoms with Gasteiger partial charge in [0.15, 0.2) is 0 Å². The number of alkyl halides is 3. The van der Waals surface area contributed by atoms with E-state index in [2.05, 4.69) is 16.1 Å². The molecule has 0 aromatic heterocycles. The number of ether oxygens (including phenoxy) is 2. The SMILES string of the molecule is CCN(CCC(C#N)c1ccc(OC(F)(F)F)cc1)C(=O)CCCOc1cccc(C)c1CN(C=O)C1CCC(=O)NC1=O. The maximum atomic E-state index is 12.9. The first kappa shape index (κ1) is 33.9. The number of nitriles is 1. The van der Waals surface area contributed by atoms with E-state index in [-0.39, 0.29) is 50.0 Å². The van der Waals surface area contributed by atoms with Crippen molar-refractivity contribution in [3.63, 3.8) is 0 Å². The standard InChI is InChI=1S/C31H35F3N4O6/c1-3-37(16-15-23(18-35)22-9-11-24(12-10-22)44-31(32,33)34)29(41)8-5-17-43-27-7-4-6-21(2)25(27)19-38(20-39)26-13-14-28(40)36-30(26)42/h4,6-7,9-12,20,23,26H,3,5,8,13-17,19H2,1-2H3,(H,36,40,42). The number of amides is 4. The fraction of sp³-hybridized carbons (Fsp3) is 0.452. The molecule has 1 aliphatic heterocycles. The van der Waals surface area contributed by atoms with Gasteiger partial charge in [-0.2, -0.15) is 5.26 Å². The third kappa shape index (κ3) is 9.72. The van der Waals surface area contributed by atoms with Crippen LogP contribution in [0.15, 0.2) is 42.5 Å². The van der Waals surface area contributed by atoms with Crippen LogP contribution in [0.4, 0.5) is 13.2 Å². The largest absolute Gasteiger partial charge is 0.573 e. The number of nitrogens with one attached hydrogen (secondary N) is 1. The minimum absolute atomic E-state index is 0.110. The second-order valence-corrected chi connectivity index (χ2v) is 10.3. The number of hydrogen-bond donors (Lipinski definition) is 1. The van der Waals surface area contributed by atoms with Gasteiger partial charge < -0.3 is 19.3 Å². The monoisotopic (exact) mass is 616 g/mol. The van der Waals surface area contributed by atoms with Crippen molar-refractivity contribution < 1.29 is 41.8 Å². The van der Waals surface area contributed by atoms with Gasteiger partial charge in [0.05, 0.1) is 25.1 Å². The van der Waals surface area contributed by atoms with Gasteiger partial charge in [-0.1, -0.05) is 24.3 Å². The van der Waals surface area contributed by atoms with Gasteiger partial charge in [0, 0.05) is 31.5 Å². The van der Waals surface area contributed by atoms with Crippen LogP contribution in [0.2, 0.25) is 0 Å². The summed E-state index contributed by atoms with van der Waals surface area (Å²) in [6.45, 7) is 4.71. The van der Waals surface area contributed by atoms with Crippen molar-refractivity contribution in [2.45, 2.75) is 70.8 Å². The molecule has 2 aromatic carbocycles. The molecular formula is C31H35F3N4O6. The van der Waals surface area contributed by atoms with Gasteiger partial charge in [0.1, 0.15) is 17.5 Å². The van der Waals surface area contributed by atoms with Crippen LogP contribution >= 0.6 is 0 Å². The van der Waals surface area contributed by atoms with Crippen LogP contribution < -0.4 is 14.8 Å². The Kier molecular flexibility index (Phi) is 12.1. The van der Waals surface area contributed by atoms with Crippen LogP contribution in [0.25, 0.3) is 0 Å². The van der Waals surface area contributed by atoms with E-state index in [0.717, 1.165) is 17.7 Å². The van der Waals surface area contributed by atoms with E-state index in [1.807, 2.05) is 19.9 Å². The number of piperidine rings is 1. The molecule has 0 saturated carbocycles. The van der Waals surface area contributed by atoms with Crippen LogP contribution in [-0.4, -0.2) is 66.0 Å². The van der Waals surface area contributed by atoms with E-state index < -0.39 is 24.2 Å². The molecule has 1 aliphatic rings. The molecule has 1 N–H and O–H groups in total. The number of nitrogens with zero attached hydrogens (tertiary/aromatic N) is 3. The van der Waals surface area contributed by atoms with Gasteiger partial charge in [0.25, 0.3) is 0 Å². The number of carbonyl (C=O) groups is 4. The highest BCUT2D eigenvalue weighted by atomic mass is 19.4. The first-order valence-electron chi connectivity index (χ1n) is 14.2. The van der Waals surface area contributed by atoms with Crippen molar-refractivity contribution in [1.29, 1.82) is 5.26 Å². The third-order valence-corrected chi connectivity index (χ3v) is 7.34. The fourth-order valence-corrected chi connectivity index (χ4v) is 4.93. The van der Waals surface area contributed by atoms with Crippen LogP contribution in [0.3, 0.4) is 0 Å². The molecule has 13 heteroatoms. The summed E-state index contributed by atoms with van der Waals surface area (Å²) in [5.74, 6) is -1.49. The van der Waals surface area contributed by atoms with Crippen molar-refractivity contribution in [3.05, 3.63) is 59.2 Å².